The summed E-state index contributed by atoms with van der Waals surface area (Å²) in [5, 5.41) is 10.8. The van der Waals surface area contributed by atoms with E-state index in [2.05, 4.69) is 20.5 Å². The smallest absolute Gasteiger partial charge is 0.218 e. The van der Waals surface area contributed by atoms with Crippen molar-refractivity contribution in [2.45, 2.75) is 13.2 Å². The third-order valence-electron chi connectivity index (χ3n) is 3.48. The minimum absolute atomic E-state index is 0.364. The highest BCUT2D eigenvalue weighted by atomic mass is 35.5. The molecule has 0 fully saturated rings. The molecule has 3 aromatic rings. The van der Waals surface area contributed by atoms with Crippen LogP contribution in [0.1, 0.15) is 11.1 Å². The van der Waals surface area contributed by atoms with E-state index in [4.69, 9.17) is 32.7 Å². The van der Waals surface area contributed by atoms with Crippen molar-refractivity contribution in [3.63, 3.8) is 0 Å². The van der Waals surface area contributed by atoms with Crippen LogP contribution in [0.5, 0.6) is 11.5 Å². The molecule has 0 unspecified atom stereocenters. The Bertz CT molecular complexity index is 841. The van der Waals surface area contributed by atoms with Crippen molar-refractivity contribution in [2.75, 3.05) is 12.4 Å². The fourth-order valence-electron chi connectivity index (χ4n) is 2.24. The number of methoxy groups -OCH3 is 1. The van der Waals surface area contributed by atoms with E-state index < -0.39 is 0 Å². The molecule has 0 radical (unpaired) electrons. The Kier molecular flexibility index (Phi) is 5.63. The number of hydrogen-bond acceptors (Lipinski definition) is 5. The SMILES string of the molecule is COc1cc(CNc2ncn[nH]2)c(Cl)cc1OCc1cccc(Cl)c1. The van der Waals surface area contributed by atoms with E-state index in [1.165, 1.54) is 6.33 Å². The highest BCUT2D eigenvalue weighted by Gasteiger charge is 2.11. The molecule has 0 aliphatic rings. The van der Waals surface area contributed by atoms with Crippen molar-refractivity contribution in [3.8, 4) is 11.5 Å². The Morgan fingerprint density at radius 2 is 2.04 bits per heavy atom. The van der Waals surface area contributed by atoms with E-state index in [1.54, 1.807) is 13.2 Å². The molecule has 1 aromatic heterocycles. The zero-order valence-corrected chi connectivity index (χ0v) is 14.9. The van der Waals surface area contributed by atoms with Gasteiger partial charge in [0.25, 0.3) is 0 Å². The lowest BCUT2D eigenvalue weighted by molar-refractivity contribution is 0.284. The number of hydrogen-bond donors (Lipinski definition) is 2. The van der Waals surface area contributed by atoms with E-state index in [0.29, 0.717) is 40.6 Å². The molecule has 2 aromatic carbocycles. The van der Waals surface area contributed by atoms with Gasteiger partial charge in [-0.15, -0.1) is 0 Å². The molecule has 6 nitrogen and oxygen atoms in total. The van der Waals surface area contributed by atoms with E-state index in [1.807, 2.05) is 30.3 Å². The Hall–Kier alpha value is -2.44. The lowest BCUT2D eigenvalue weighted by atomic mass is 10.2. The number of nitrogens with zero attached hydrogens (tertiary/aromatic N) is 2. The highest BCUT2D eigenvalue weighted by Crippen LogP contribution is 2.34. The van der Waals surface area contributed by atoms with Gasteiger partial charge in [-0.2, -0.15) is 5.10 Å². The first-order valence-electron chi connectivity index (χ1n) is 7.48. The van der Waals surface area contributed by atoms with Gasteiger partial charge in [0.2, 0.25) is 5.95 Å². The van der Waals surface area contributed by atoms with Gasteiger partial charge in [0.15, 0.2) is 11.5 Å². The predicted octanol–water partition coefficient (Wildman–Crippen LogP) is 4.31. The van der Waals surface area contributed by atoms with Crippen molar-refractivity contribution in [2.24, 2.45) is 0 Å². The predicted molar refractivity (Wildman–Crippen MR) is 97.5 cm³/mol. The van der Waals surface area contributed by atoms with Crippen LogP contribution < -0.4 is 14.8 Å². The third-order valence-corrected chi connectivity index (χ3v) is 4.06. The molecular weight excluding hydrogens is 363 g/mol. The van der Waals surface area contributed by atoms with E-state index >= 15 is 0 Å². The molecule has 0 saturated heterocycles. The molecule has 0 aliphatic carbocycles. The number of anilines is 1. The van der Waals surface area contributed by atoms with Crippen LogP contribution in [-0.4, -0.2) is 22.3 Å². The molecule has 0 saturated carbocycles. The van der Waals surface area contributed by atoms with Crippen LogP contribution in [0.3, 0.4) is 0 Å². The van der Waals surface area contributed by atoms with Crippen molar-refractivity contribution < 1.29 is 9.47 Å². The number of benzene rings is 2. The number of halogens is 2. The maximum Gasteiger partial charge on any atom is 0.218 e. The molecule has 25 heavy (non-hydrogen) atoms. The fraction of sp³-hybridized carbons (Fsp3) is 0.176. The summed E-state index contributed by atoms with van der Waals surface area (Å²) < 4.78 is 11.3. The maximum atomic E-state index is 6.36. The highest BCUT2D eigenvalue weighted by molar-refractivity contribution is 6.31. The van der Waals surface area contributed by atoms with Crippen LogP contribution in [0.25, 0.3) is 0 Å². The largest absolute Gasteiger partial charge is 0.493 e. The van der Waals surface area contributed by atoms with E-state index in [9.17, 15) is 0 Å². The molecule has 8 heteroatoms. The van der Waals surface area contributed by atoms with E-state index in [-0.39, 0.29) is 0 Å². The van der Waals surface area contributed by atoms with E-state index in [0.717, 1.165) is 11.1 Å². The van der Waals surface area contributed by atoms with Crippen LogP contribution in [0, 0.1) is 0 Å². The second-order valence-corrected chi connectivity index (χ2v) is 6.04. The molecule has 3 rings (SSSR count). The summed E-state index contributed by atoms with van der Waals surface area (Å²) in [5.74, 6) is 1.73. The molecule has 1 heterocycles. The van der Waals surface area contributed by atoms with Gasteiger partial charge in [-0.3, -0.25) is 0 Å². The molecule has 130 valence electrons. The quantitative estimate of drug-likeness (QED) is 0.640. The average Bonchev–Trinajstić information content (AvgIpc) is 3.12. The topological polar surface area (TPSA) is 72.1 Å². The second kappa shape index (κ2) is 8.09. The summed E-state index contributed by atoms with van der Waals surface area (Å²) in [6, 6.07) is 11.1. The Balaban J connectivity index is 1.72. The summed E-state index contributed by atoms with van der Waals surface area (Å²) in [5.41, 5.74) is 1.81. The summed E-state index contributed by atoms with van der Waals surface area (Å²) in [6.07, 6.45) is 1.43. The summed E-state index contributed by atoms with van der Waals surface area (Å²) in [7, 11) is 1.59. The van der Waals surface area contributed by atoms with Gasteiger partial charge in [0.1, 0.15) is 12.9 Å². The number of H-pyrrole nitrogens is 1. The van der Waals surface area contributed by atoms with Crippen molar-refractivity contribution in [1.29, 1.82) is 0 Å². The van der Waals surface area contributed by atoms with Gasteiger partial charge in [0.05, 0.1) is 7.11 Å². The van der Waals surface area contributed by atoms with Crippen LogP contribution in [0.4, 0.5) is 5.95 Å². The summed E-state index contributed by atoms with van der Waals surface area (Å²) in [6.45, 7) is 0.835. The Morgan fingerprint density at radius 3 is 2.76 bits per heavy atom. The molecule has 0 aliphatic heterocycles. The average molecular weight is 379 g/mol. The first kappa shape index (κ1) is 17.4. The van der Waals surface area contributed by atoms with Gasteiger partial charge < -0.3 is 14.8 Å². The zero-order chi connectivity index (χ0) is 17.6. The normalized spacial score (nSPS) is 10.5. The number of ether oxygens (including phenoxy) is 2. The Morgan fingerprint density at radius 1 is 1.16 bits per heavy atom. The summed E-state index contributed by atoms with van der Waals surface area (Å²) in [4.78, 5) is 4.00. The van der Waals surface area contributed by atoms with Crippen molar-refractivity contribution in [3.05, 3.63) is 63.9 Å². The first-order chi connectivity index (χ1) is 12.2. The number of rotatable bonds is 7. The summed E-state index contributed by atoms with van der Waals surface area (Å²) >= 11 is 12.4. The Labute approximate surface area is 155 Å². The molecule has 0 atom stereocenters. The second-order valence-electron chi connectivity index (χ2n) is 5.20. The van der Waals surface area contributed by atoms with Crippen LogP contribution in [0.2, 0.25) is 10.0 Å². The van der Waals surface area contributed by atoms with Crippen LogP contribution in [0.15, 0.2) is 42.7 Å². The van der Waals surface area contributed by atoms with Gasteiger partial charge >= 0.3 is 0 Å². The number of aromatic amines is 1. The molecular formula is C17H16Cl2N4O2. The van der Waals surface area contributed by atoms with Crippen molar-refractivity contribution in [1.82, 2.24) is 15.2 Å². The first-order valence-corrected chi connectivity index (χ1v) is 8.24. The van der Waals surface area contributed by atoms with Gasteiger partial charge in [-0.25, -0.2) is 10.1 Å². The van der Waals surface area contributed by atoms with Gasteiger partial charge in [-0.05, 0) is 29.3 Å². The molecule has 0 amide bonds. The lowest BCUT2D eigenvalue weighted by Gasteiger charge is -2.14. The van der Waals surface area contributed by atoms with Crippen LogP contribution >= 0.6 is 23.2 Å². The third kappa shape index (κ3) is 4.55. The van der Waals surface area contributed by atoms with Crippen LogP contribution in [-0.2, 0) is 13.2 Å². The number of nitrogens with one attached hydrogen (secondary N) is 2. The minimum Gasteiger partial charge on any atom is -0.493 e. The van der Waals surface area contributed by atoms with Crippen molar-refractivity contribution >= 4 is 29.2 Å². The maximum absolute atomic E-state index is 6.36. The molecule has 2 N–H and O–H groups in total. The molecule has 0 spiro atoms. The monoisotopic (exact) mass is 378 g/mol. The lowest BCUT2D eigenvalue weighted by Crippen LogP contribution is -2.04. The minimum atomic E-state index is 0.364. The molecule has 0 bridgehead atoms. The number of aromatic nitrogens is 3. The fourth-order valence-corrected chi connectivity index (χ4v) is 2.68. The standard InChI is InChI=1S/C17H16Cl2N4O2/c1-24-15-6-12(8-20-17-21-10-22-23-17)14(19)7-16(15)25-9-11-3-2-4-13(18)5-11/h2-7,10H,8-9H2,1H3,(H2,20,21,22,23). The zero-order valence-electron chi connectivity index (χ0n) is 13.4. The van der Waals surface area contributed by atoms with Gasteiger partial charge in [0, 0.05) is 22.7 Å². The van der Waals surface area contributed by atoms with Gasteiger partial charge in [-0.1, -0.05) is 35.3 Å².